The quantitative estimate of drug-likeness (QED) is 0.232. The van der Waals surface area contributed by atoms with Crippen LogP contribution in [0, 0.1) is 0 Å². The van der Waals surface area contributed by atoms with Crippen LogP contribution in [0.1, 0.15) is 0 Å². The van der Waals surface area contributed by atoms with Crippen LogP contribution in [0.2, 0.25) is 0 Å². The number of rotatable bonds is 4. The summed E-state index contributed by atoms with van der Waals surface area (Å²) < 4.78 is 9.03. The average Bonchev–Trinajstić information content (AvgIpc) is 3.60. The van der Waals surface area contributed by atoms with E-state index >= 15 is 0 Å². The highest BCUT2D eigenvalue weighted by molar-refractivity contribution is 7.25. The highest BCUT2D eigenvalue weighted by Crippen LogP contribution is 2.42. The molecule has 0 radical (unpaired) electrons. The smallest absolute Gasteiger partial charge is 0.307 e. The number of benzene rings is 6. The average molecular weight is 519 g/mol. The van der Waals surface area contributed by atoms with Crippen LogP contribution >= 0.6 is 11.3 Å². The Bertz CT molecular complexity index is 2140. The van der Waals surface area contributed by atoms with Crippen molar-refractivity contribution in [1.82, 2.24) is 4.98 Å². The third-order valence-electron chi connectivity index (χ3n) is 7.30. The summed E-state index contributed by atoms with van der Waals surface area (Å²) in [4.78, 5) is 7.14. The summed E-state index contributed by atoms with van der Waals surface area (Å²) >= 11 is 1.84. The van der Waals surface area contributed by atoms with Gasteiger partial charge in [-0.15, -0.1) is 11.3 Å². The van der Waals surface area contributed by atoms with Gasteiger partial charge < -0.3 is 4.42 Å². The van der Waals surface area contributed by atoms with Crippen molar-refractivity contribution in [1.29, 1.82) is 0 Å². The molecule has 0 atom stereocenters. The summed E-state index contributed by atoms with van der Waals surface area (Å²) in [5.41, 5.74) is 6.01. The van der Waals surface area contributed by atoms with Gasteiger partial charge >= 0.3 is 6.01 Å². The minimum absolute atomic E-state index is 0.545. The SMILES string of the molecule is c1ccc(N(c2cccc(-c3cccc4sc5ccccc5c34)c2)c2nc3c(ccc4ccccc43)o2)cc1. The number of hydrogen-bond donors (Lipinski definition) is 0. The zero-order valence-electron chi connectivity index (χ0n) is 20.9. The van der Waals surface area contributed by atoms with Crippen molar-refractivity contribution in [3.8, 4) is 11.1 Å². The highest BCUT2D eigenvalue weighted by atomic mass is 32.1. The number of thiophene rings is 1. The van der Waals surface area contributed by atoms with Crippen molar-refractivity contribution in [3.63, 3.8) is 0 Å². The van der Waals surface area contributed by atoms with Gasteiger partial charge in [0.1, 0.15) is 5.52 Å². The number of anilines is 3. The number of hydrogen-bond acceptors (Lipinski definition) is 4. The van der Waals surface area contributed by atoms with Crippen LogP contribution in [0.25, 0.3) is 53.2 Å². The van der Waals surface area contributed by atoms with E-state index in [-0.39, 0.29) is 0 Å². The van der Waals surface area contributed by atoms with Crippen LogP contribution in [-0.4, -0.2) is 4.98 Å². The molecule has 0 amide bonds. The predicted molar refractivity (Wildman–Crippen MR) is 165 cm³/mol. The Balaban J connectivity index is 1.34. The summed E-state index contributed by atoms with van der Waals surface area (Å²) in [5.74, 6) is 0. The van der Waals surface area contributed by atoms with Gasteiger partial charge in [-0.2, -0.15) is 4.98 Å². The summed E-state index contributed by atoms with van der Waals surface area (Å²) in [7, 11) is 0. The third-order valence-corrected chi connectivity index (χ3v) is 8.43. The molecule has 4 heteroatoms. The lowest BCUT2D eigenvalue weighted by Gasteiger charge is -2.21. The minimum atomic E-state index is 0.545. The van der Waals surface area contributed by atoms with E-state index in [1.54, 1.807) is 0 Å². The fraction of sp³-hybridized carbons (Fsp3) is 0. The molecule has 8 rings (SSSR count). The van der Waals surface area contributed by atoms with Gasteiger partial charge in [0.2, 0.25) is 0 Å². The predicted octanol–water partition coefficient (Wildman–Crippen LogP) is 10.5. The van der Waals surface area contributed by atoms with Crippen molar-refractivity contribution in [2.75, 3.05) is 4.90 Å². The number of aromatic nitrogens is 1. The molecule has 3 nitrogen and oxygen atoms in total. The number of para-hydroxylation sites is 1. The molecule has 39 heavy (non-hydrogen) atoms. The van der Waals surface area contributed by atoms with Gasteiger partial charge in [0.25, 0.3) is 0 Å². The van der Waals surface area contributed by atoms with E-state index in [0.717, 1.165) is 38.8 Å². The second-order valence-electron chi connectivity index (χ2n) is 9.63. The normalized spacial score (nSPS) is 11.6. The highest BCUT2D eigenvalue weighted by Gasteiger charge is 2.20. The molecule has 0 fully saturated rings. The van der Waals surface area contributed by atoms with Gasteiger partial charge in [-0.1, -0.05) is 91.0 Å². The first-order valence-electron chi connectivity index (χ1n) is 13.0. The van der Waals surface area contributed by atoms with Crippen LogP contribution in [0.15, 0.2) is 138 Å². The summed E-state index contributed by atoms with van der Waals surface area (Å²) in [6, 6.07) is 47.2. The number of nitrogens with zero attached hydrogens (tertiary/aromatic N) is 2. The first-order chi connectivity index (χ1) is 19.3. The first-order valence-corrected chi connectivity index (χ1v) is 13.8. The fourth-order valence-corrected chi connectivity index (χ4v) is 6.65. The molecule has 8 aromatic rings. The number of oxazole rings is 1. The lowest BCUT2D eigenvalue weighted by atomic mass is 9.99. The zero-order chi connectivity index (χ0) is 25.8. The van der Waals surface area contributed by atoms with Crippen molar-refractivity contribution < 1.29 is 4.42 Å². The molecule has 0 spiro atoms. The second kappa shape index (κ2) is 8.83. The molecule has 6 aromatic carbocycles. The maximum absolute atomic E-state index is 6.42. The standard InChI is InChI=1S/C35H22N2OS/c1-2-12-25(13-3-1)37(35-36-34-28-15-5-4-10-23(28)20-21-30(34)38-35)26-14-8-11-24(22-26)27-17-9-19-32-33(27)29-16-6-7-18-31(29)39-32/h1-22H. The maximum Gasteiger partial charge on any atom is 0.307 e. The molecule has 0 saturated heterocycles. The van der Waals surface area contributed by atoms with Crippen LogP contribution in [0.3, 0.4) is 0 Å². The monoisotopic (exact) mass is 518 g/mol. The lowest BCUT2D eigenvalue weighted by molar-refractivity contribution is 0.608. The Labute approximate surface area is 229 Å². The van der Waals surface area contributed by atoms with Crippen LogP contribution in [-0.2, 0) is 0 Å². The van der Waals surface area contributed by atoms with Crippen molar-refractivity contribution in [3.05, 3.63) is 133 Å². The van der Waals surface area contributed by atoms with Gasteiger partial charge in [0.15, 0.2) is 5.58 Å². The van der Waals surface area contributed by atoms with Crippen LogP contribution in [0.5, 0.6) is 0 Å². The topological polar surface area (TPSA) is 29.3 Å². The third kappa shape index (κ3) is 3.61. The zero-order valence-corrected chi connectivity index (χ0v) is 21.7. The van der Waals surface area contributed by atoms with E-state index in [0.29, 0.717) is 6.01 Å². The Kier molecular flexibility index (Phi) is 5.00. The minimum Gasteiger partial charge on any atom is -0.423 e. The molecule has 0 aliphatic heterocycles. The van der Waals surface area contributed by atoms with Gasteiger partial charge in [-0.05, 0) is 59.0 Å². The van der Waals surface area contributed by atoms with E-state index in [1.165, 1.54) is 25.7 Å². The maximum atomic E-state index is 6.42. The van der Waals surface area contributed by atoms with Crippen molar-refractivity contribution in [2.45, 2.75) is 0 Å². The second-order valence-corrected chi connectivity index (χ2v) is 10.7. The first kappa shape index (κ1) is 22.1. The molecule has 0 N–H and O–H groups in total. The summed E-state index contributed by atoms with van der Waals surface area (Å²) in [6.45, 7) is 0. The van der Waals surface area contributed by atoms with Gasteiger partial charge in [-0.25, -0.2) is 0 Å². The molecule has 2 aromatic heterocycles. The Hall–Kier alpha value is -4.93. The molecular weight excluding hydrogens is 496 g/mol. The van der Waals surface area contributed by atoms with Gasteiger partial charge in [0.05, 0.1) is 11.4 Å². The summed E-state index contributed by atoms with van der Waals surface area (Å²) in [6.07, 6.45) is 0. The molecule has 0 unspecified atom stereocenters. The van der Waals surface area contributed by atoms with Crippen molar-refractivity contribution >= 4 is 70.8 Å². The number of fused-ring (bicyclic) bond motifs is 6. The molecule has 0 aliphatic carbocycles. The Morgan fingerprint density at radius 1 is 0.590 bits per heavy atom. The summed E-state index contributed by atoms with van der Waals surface area (Å²) in [5, 5.41) is 4.83. The lowest BCUT2D eigenvalue weighted by Crippen LogP contribution is -2.10. The Morgan fingerprint density at radius 2 is 1.33 bits per heavy atom. The van der Waals surface area contributed by atoms with E-state index in [4.69, 9.17) is 9.40 Å². The fourth-order valence-electron chi connectivity index (χ4n) is 5.52. The largest absolute Gasteiger partial charge is 0.423 e. The molecular formula is C35H22N2OS. The molecule has 2 heterocycles. The van der Waals surface area contributed by atoms with Crippen LogP contribution in [0.4, 0.5) is 17.4 Å². The molecule has 0 saturated carbocycles. The van der Waals surface area contributed by atoms with E-state index < -0.39 is 0 Å². The molecule has 0 aliphatic rings. The van der Waals surface area contributed by atoms with Gasteiger partial charge in [0, 0.05) is 25.6 Å². The van der Waals surface area contributed by atoms with Gasteiger partial charge in [-0.3, -0.25) is 4.90 Å². The van der Waals surface area contributed by atoms with E-state index in [1.807, 2.05) is 47.7 Å². The van der Waals surface area contributed by atoms with E-state index in [9.17, 15) is 0 Å². The Morgan fingerprint density at radius 3 is 2.26 bits per heavy atom. The molecule has 184 valence electrons. The van der Waals surface area contributed by atoms with Crippen LogP contribution < -0.4 is 4.90 Å². The molecule has 0 bridgehead atoms. The van der Waals surface area contributed by atoms with Crippen molar-refractivity contribution in [2.24, 2.45) is 0 Å². The van der Waals surface area contributed by atoms with E-state index in [2.05, 4.69) is 102 Å².